The van der Waals surface area contributed by atoms with Gasteiger partial charge in [0.2, 0.25) is 5.84 Å². The Morgan fingerprint density at radius 3 is 2.80 bits per heavy atom. The molecule has 2 aromatic heterocycles. The Bertz CT molecular complexity index is 1180. The lowest BCUT2D eigenvalue weighted by Crippen LogP contribution is -2.18. The largest absolute Gasteiger partial charge is 0.409 e. The minimum absolute atomic E-state index is 0.0708. The molecule has 0 atom stereocenters. The summed E-state index contributed by atoms with van der Waals surface area (Å²) in [7, 11) is 0. The minimum atomic E-state index is -0.572. The summed E-state index contributed by atoms with van der Waals surface area (Å²) in [5.74, 6) is -0.107. The van der Waals surface area contributed by atoms with Crippen LogP contribution in [-0.2, 0) is 13.0 Å². The van der Waals surface area contributed by atoms with Crippen LogP contribution >= 0.6 is 11.6 Å². The van der Waals surface area contributed by atoms with Gasteiger partial charge in [0.1, 0.15) is 18.1 Å². The van der Waals surface area contributed by atoms with Crippen LogP contribution in [0, 0.1) is 5.82 Å². The number of rotatable bonds is 6. The van der Waals surface area contributed by atoms with Gasteiger partial charge in [0.05, 0.1) is 5.02 Å². The van der Waals surface area contributed by atoms with Crippen LogP contribution in [0.25, 0.3) is 0 Å². The highest BCUT2D eigenvalue weighted by molar-refractivity contribution is 6.31. The number of amidine groups is 1. The molecular formula is C18H14ClFN8O2. The third-order valence-electron chi connectivity index (χ3n) is 4.05. The summed E-state index contributed by atoms with van der Waals surface area (Å²) in [6, 6.07) is 13.7. The third-order valence-corrected chi connectivity index (χ3v) is 4.34. The fourth-order valence-corrected chi connectivity index (χ4v) is 2.84. The van der Waals surface area contributed by atoms with Crippen molar-refractivity contribution in [3.63, 3.8) is 0 Å². The van der Waals surface area contributed by atoms with E-state index in [0.29, 0.717) is 23.6 Å². The molecule has 2 N–H and O–H groups in total. The van der Waals surface area contributed by atoms with E-state index in [9.17, 15) is 9.60 Å². The number of oxime groups is 1. The zero-order chi connectivity index (χ0) is 20.9. The van der Waals surface area contributed by atoms with Crippen molar-refractivity contribution in [2.24, 2.45) is 5.16 Å². The zero-order valence-corrected chi connectivity index (χ0v) is 16.0. The maximum atomic E-state index is 13.3. The molecule has 152 valence electrons. The van der Waals surface area contributed by atoms with E-state index < -0.39 is 5.82 Å². The van der Waals surface area contributed by atoms with Crippen molar-refractivity contribution in [3.8, 4) is 0 Å². The third kappa shape index (κ3) is 4.41. The molecule has 0 aliphatic rings. The normalized spacial score (nSPS) is 11.6. The van der Waals surface area contributed by atoms with E-state index in [1.807, 2.05) is 30.3 Å². The monoisotopic (exact) mass is 428 g/mol. The van der Waals surface area contributed by atoms with Gasteiger partial charge in [0.25, 0.3) is 0 Å². The second-order valence-electron chi connectivity index (χ2n) is 6.16. The molecule has 4 aromatic rings. The zero-order valence-electron chi connectivity index (χ0n) is 15.3. The number of benzene rings is 2. The average Bonchev–Trinajstić information content (AvgIpc) is 3.39. The fourth-order valence-electron chi connectivity index (χ4n) is 2.66. The molecule has 0 radical (unpaired) electrons. The number of nitrogens with zero attached hydrogens (tertiary/aromatic N) is 7. The number of nitrogens with one attached hydrogen (secondary N) is 1. The van der Waals surface area contributed by atoms with Crippen LogP contribution in [0.3, 0.4) is 0 Å². The second-order valence-corrected chi connectivity index (χ2v) is 6.57. The van der Waals surface area contributed by atoms with Crippen molar-refractivity contribution >= 4 is 23.1 Å². The fraction of sp³-hybridized carbons (Fsp3) is 0.111. The molecular weight excluding hydrogens is 415 g/mol. The average molecular weight is 429 g/mol. The highest BCUT2D eigenvalue weighted by Gasteiger charge is 2.19. The standard InChI is InChI=1S/C18H14ClFN8O2/c19-13-9-12(6-7-14(13)20)21-18(24-29)17-15(25-30-26-17)10-28-23-16(22-27-28)8-11-4-2-1-3-5-11/h1-7,9,29H,8,10H2,(H,21,24). The number of aromatic nitrogens is 6. The summed E-state index contributed by atoms with van der Waals surface area (Å²) in [5, 5.41) is 35.2. The maximum Gasteiger partial charge on any atom is 0.201 e. The first-order valence-corrected chi connectivity index (χ1v) is 9.06. The summed E-state index contributed by atoms with van der Waals surface area (Å²) in [4.78, 5) is 1.32. The summed E-state index contributed by atoms with van der Waals surface area (Å²) < 4.78 is 18.1. The van der Waals surface area contributed by atoms with Crippen LogP contribution in [-0.4, -0.2) is 41.6 Å². The SMILES string of the molecule is O/N=C(/Nc1ccc(F)c(Cl)c1)c1nonc1Cn1nnc(Cc2ccccc2)n1. The van der Waals surface area contributed by atoms with E-state index in [0.717, 1.165) is 5.56 Å². The van der Waals surface area contributed by atoms with Crippen molar-refractivity contribution in [2.75, 3.05) is 5.32 Å². The lowest BCUT2D eigenvalue weighted by molar-refractivity contribution is 0.299. The Morgan fingerprint density at radius 2 is 2.03 bits per heavy atom. The minimum Gasteiger partial charge on any atom is -0.409 e. The highest BCUT2D eigenvalue weighted by atomic mass is 35.5. The van der Waals surface area contributed by atoms with Gasteiger partial charge in [-0.2, -0.15) is 4.80 Å². The molecule has 2 heterocycles. The summed E-state index contributed by atoms with van der Waals surface area (Å²) in [5.41, 5.74) is 1.86. The first kappa shape index (κ1) is 19.5. The van der Waals surface area contributed by atoms with Gasteiger partial charge in [-0.25, -0.2) is 9.02 Å². The van der Waals surface area contributed by atoms with E-state index in [4.69, 9.17) is 16.2 Å². The van der Waals surface area contributed by atoms with Crippen molar-refractivity contribution in [2.45, 2.75) is 13.0 Å². The molecule has 0 aliphatic heterocycles. The number of hydrogen-bond donors (Lipinski definition) is 2. The molecule has 30 heavy (non-hydrogen) atoms. The Kier molecular flexibility index (Phi) is 5.61. The number of tetrazole rings is 1. The Hall–Kier alpha value is -3.86. The summed E-state index contributed by atoms with van der Waals surface area (Å²) in [6.45, 7) is 0.0749. The molecule has 2 aromatic carbocycles. The van der Waals surface area contributed by atoms with Crippen molar-refractivity contribution in [3.05, 3.63) is 82.1 Å². The Balaban J connectivity index is 1.49. The van der Waals surface area contributed by atoms with Crippen molar-refractivity contribution in [1.29, 1.82) is 0 Å². The van der Waals surface area contributed by atoms with E-state index in [2.05, 4.69) is 36.2 Å². The summed E-state index contributed by atoms with van der Waals surface area (Å²) >= 11 is 5.77. The van der Waals surface area contributed by atoms with Crippen LogP contribution in [0.15, 0.2) is 58.3 Å². The molecule has 0 fully saturated rings. The number of halogens is 2. The van der Waals surface area contributed by atoms with Crippen LogP contribution < -0.4 is 5.32 Å². The lowest BCUT2D eigenvalue weighted by Gasteiger charge is -2.07. The van der Waals surface area contributed by atoms with E-state index in [1.54, 1.807) is 0 Å². The van der Waals surface area contributed by atoms with Crippen LogP contribution in [0.1, 0.15) is 22.8 Å². The molecule has 0 bridgehead atoms. The molecule has 0 aliphatic carbocycles. The van der Waals surface area contributed by atoms with E-state index in [-0.39, 0.29) is 23.1 Å². The smallest absolute Gasteiger partial charge is 0.201 e. The topological polar surface area (TPSA) is 127 Å². The second kappa shape index (κ2) is 8.66. The molecule has 0 spiro atoms. The lowest BCUT2D eigenvalue weighted by atomic mass is 10.1. The van der Waals surface area contributed by atoms with Gasteiger partial charge in [-0.1, -0.05) is 52.2 Å². The van der Waals surface area contributed by atoms with Gasteiger partial charge < -0.3 is 10.5 Å². The van der Waals surface area contributed by atoms with Gasteiger partial charge in [-0.15, -0.1) is 10.2 Å². The van der Waals surface area contributed by atoms with Gasteiger partial charge in [-0.3, -0.25) is 0 Å². The molecule has 0 unspecified atom stereocenters. The molecule has 0 saturated carbocycles. The van der Waals surface area contributed by atoms with Crippen molar-refractivity contribution < 1.29 is 14.2 Å². The first-order valence-electron chi connectivity index (χ1n) is 8.69. The van der Waals surface area contributed by atoms with Gasteiger partial charge in [0, 0.05) is 12.1 Å². The van der Waals surface area contributed by atoms with Gasteiger partial charge in [-0.05, 0) is 34.1 Å². The van der Waals surface area contributed by atoms with Gasteiger partial charge >= 0.3 is 0 Å². The van der Waals surface area contributed by atoms with Crippen molar-refractivity contribution in [1.82, 2.24) is 30.5 Å². The molecule has 10 nitrogen and oxygen atoms in total. The maximum absolute atomic E-state index is 13.3. The van der Waals surface area contributed by atoms with Crippen LogP contribution in [0.2, 0.25) is 5.02 Å². The number of anilines is 1. The molecule has 12 heteroatoms. The van der Waals surface area contributed by atoms with E-state index >= 15 is 0 Å². The Labute approximate surface area is 173 Å². The quantitative estimate of drug-likeness (QED) is 0.208. The van der Waals surface area contributed by atoms with E-state index in [1.165, 1.54) is 23.0 Å². The molecule has 4 rings (SSSR count). The van der Waals surface area contributed by atoms with Gasteiger partial charge in [0.15, 0.2) is 11.5 Å². The Morgan fingerprint density at radius 1 is 1.20 bits per heavy atom. The predicted octanol–water partition coefficient (Wildman–Crippen LogP) is 2.74. The molecule has 0 saturated heterocycles. The molecule has 0 amide bonds. The summed E-state index contributed by atoms with van der Waals surface area (Å²) in [6.07, 6.45) is 0.529. The predicted molar refractivity (Wildman–Crippen MR) is 104 cm³/mol. The number of hydrogen-bond acceptors (Lipinski definition) is 8. The first-order chi connectivity index (χ1) is 14.6. The van der Waals surface area contributed by atoms with Crippen LogP contribution in [0.4, 0.5) is 10.1 Å². The highest BCUT2D eigenvalue weighted by Crippen LogP contribution is 2.20. The van der Waals surface area contributed by atoms with Crippen LogP contribution in [0.5, 0.6) is 0 Å².